The molecule has 0 spiro atoms. The van der Waals surface area contributed by atoms with E-state index >= 15 is 0 Å². The highest BCUT2D eigenvalue weighted by atomic mass is 15.0. The van der Waals surface area contributed by atoms with E-state index in [1.807, 2.05) is 36.4 Å². The van der Waals surface area contributed by atoms with Gasteiger partial charge in [0.2, 0.25) is 0 Å². The van der Waals surface area contributed by atoms with Gasteiger partial charge in [0.1, 0.15) is 0 Å². The number of fused-ring (bicyclic) bond motifs is 6. The van der Waals surface area contributed by atoms with Crippen molar-refractivity contribution in [2.75, 3.05) is 0 Å². The molecule has 0 N–H and O–H groups in total. The number of benzene rings is 7. The van der Waals surface area contributed by atoms with E-state index in [9.17, 15) is 0 Å². The third kappa shape index (κ3) is 4.72. The Morgan fingerprint density at radius 3 is 1.65 bits per heavy atom. The molecule has 0 bridgehead atoms. The van der Waals surface area contributed by atoms with Crippen LogP contribution in [0, 0.1) is 0 Å². The molecule has 10 rings (SSSR count). The molecule has 0 amide bonds. The maximum Gasteiger partial charge on any atom is 0.164 e. The van der Waals surface area contributed by atoms with Crippen LogP contribution in [0.2, 0.25) is 0 Å². The van der Waals surface area contributed by atoms with E-state index < -0.39 is 0 Å². The quantitative estimate of drug-likeness (QED) is 0.184. The topological polar surface area (TPSA) is 43.6 Å². The summed E-state index contributed by atoms with van der Waals surface area (Å²) in [7, 11) is 0. The second-order valence-corrected chi connectivity index (χ2v) is 14.1. The summed E-state index contributed by atoms with van der Waals surface area (Å²) >= 11 is 0. The van der Waals surface area contributed by atoms with Gasteiger partial charge in [0.25, 0.3) is 0 Å². The lowest BCUT2D eigenvalue weighted by atomic mass is 9.81. The Bertz CT molecular complexity index is 2740. The molecule has 0 radical (unpaired) electrons. The van der Waals surface area contributed by atoms with Crippen molar-refractivity contribution in [3.05, 3.63) is 181 Å². The van der Waals surface area contributed by atoms with E-state index in [-0.39, 0.29) is 5.41 Å². The van der Waals surface area contributed by atoms with Crippen LogP contribution in [0.3, 0.4) is 0 Å². The SMILES string of the molecule is CC1(C)c2ccccc2-c2ccc(-c3cc(-c4nc(-c5ccccc5)nc(-c5ccccc5)n4)cc4c3c3ccccc3n4-c3ccccc3)cc21. The molecule has 0 aliphatic heterocycles. The van der Waals surface area contributed by atoms with E-state index in [0.717, 1.165) is 39.0 Å². The van der Waals surface area contributed by atoms with Crippen LogP contribution in [0.5, 0.6) is 0 Å². The fourth-order valence-corrected chi connectivity index (χ4v) is 8.12. The summed E-state index contributed by atoms with van der Waals surface area (Å²) < 4.78 is 2.38. The summed E-state index contributed by atoms with van der Waals surface area (Å²) in [5.74, 6) is 1.92. The van der Waals surface area contributed by atoms with E-state index in [0.29, 0.717) is 17.5 Å². The minimum Gasteiger partial charge on any atom is -0.309 e. The Morgan fingerprint density at radius 1 is 0.404 bits per heavy atom. The molecular formula is C48H34N4. The molecule has 0 unspecified atom stereocenters. The van der Waals surface area contributed by atoms with Crippen LogP contribution in [0.1, 0.15) is 25.0 Å². The summed E-state index contributed by atoms with van der Waals surface area (Å²) in [6.45, 7) is 4.69. The third-order valence-corrected chi connectivity index (χ3v) is 10.6. The number of nitrogens with zero attached hydrogens (tertiary/aromatic N) is 4. The minimum absolute atomic E-state index is 0.125. The van der Waals surface area contributed by atoms with E-state index in [4.69, 9.17) is 15.0 Å². The summed E-state index contributed by atoms with van der Waals surface area (Å²) in [5.41, 5.74) is 13.7. The van der Waals surface area contributed by atoms with Gasteiger partial charge in [0.15, 0.2) is 17.5 Å². The van der Waals surface area contributed by atoms with E-state index in [1.54, 1.807) is 0 Å². The van der Waals surface area contributed by atoms with Crippen molar-refractivity contribution in [2.24, 2.45) is 0 Å². The average molecular weight is 667 g/mol. The number of aromatic nitrogens is 4. The standard InChI is InChI=1S/C48H34N4/c1-48(2)40-24-14-12-22-36(40)37-27-26-33(29-41(37)48)39-28-34(30-43-44(39)38-23-13-15-25-42(38)52(43)35-20-10-5-11-21-35)47-50-45(31-16-6-3-7-17-31)49-46(51-47)32-18-8-4-9-19-32/h3-30H,1-2H3. The van der Waals surface area contributed by atoms with Crippen LogP contribution < -0.4 is 0 Å². The molecule has 4 heteroatoms. The first kappa shape index (κ1) is 30.2. The van der Waals surface area contributed by atoms with Gasteiger partial charge in [0.05, 0.1) is 11.0 Å². The lowest BCUT2D eigenvalue weighted by molar-refractivity contribution is 0.660. The molecule has 4 nitrogen and oxygen atoms in total. The minimum atomic E-state index is -0.125. The summed E-state index contributed by atoms with van der Waals surface area (Å²) in [6, 6.07) is 60.1. The first-order valence-electron chi connectivity index (χ1n) is 17.8. The first-order chi connectivity index (χ1) is 25.5. The van der Waals surface area contributed by atoms with Gasteiger partial charge in [0, 0.05) is 38.6 Å². The highest BCUT2D eigenvalue weighted by Crippen LogP contribution is 2.50. The highest BCUT2D eigenvalue weighted by molar-refractivity contribution is 6.17. The molecule has 2 heterocycles. The summed E-state index contributed by atoms with van der Waals surface area (Å²) in [6.07, 6.45) is 0. The van der Waals surface area contributed by atoms with Crippen LogP contribution in [0.15, 0.2) is 170 Å². The van der Waals surface area contributed by atoms with Crippen molar-refractivity contribution in [1.29, 1.82) is 0 Å². The van der Waals surface area contributed by atoms with Gasteiger partial charge in [-0.25, -0.2) is 15.0 Å². The van der Waals surface area contributed by atoms with Crippen LogP contribution in [-0.2, 0) is 5.41 Å². The summed E-state index contributed by atoms with van der Waals surface area (Å²) in [4.78, 5) is 15.3. The van der Waals surface area contributed by atoms with E-state index in [2.05, 4.69) is 152 Å². The van der Waals surface area contributed by atoms with Gasteiger partial charge in [-0.2, -0.15) is 0 Å². The Morgan fingerprint density at radius 2 is 0.962 bits per heavy atom. The predicted molar refractivity (Wildman–Crippen MR) is 213 cm³/mol. The largest absolute Gasteiger partial charge is 0.309 e. The first-order valence-corrected chi connectivity index (χ1v) is 17.8. The monoisotopic (exact) mass is 666 g/mol. The lowest BCUT2D eigenvalue weighted by Gasteiger charge is -2.22. The fraction of sp³-hybridized carbons (Fsp3) is 0.0625. The van der Waals surface area contributed by atoms with Crippen molar-refractivity contribution in [3.8, 4) is 62.1 Å². The Kier molecular flexibility index (Phi) is 6.80. The van der Waals surface area contributed by atoms with Crippen LogP contribution >= 0.6 is 0 Å². The van der Waals surface area contributed by atoms with Crippen molar-refractivity contribution < 1.29 is 0 Å². The second kappa shape index (κ2) is 11.7. The molecule has 0 fully saturated rings. The zero-order valence-electron chi connectivity index (χ0n) is 29.0. The molecule has 0 saturated heterocycles. The van der Waals surface area contributed by atoms with Crippen LogP contribution in [0.4, 0.5) is 0 Å². The summed E-state index contributed by atoms with van der Waals surface area (Å²) in [5, 5.41) is 2.41. The second-order valence-electron chi connectivity index (χ2n) is 14.1. The van der Waals surface area contributed by atoms with Crippen LogP contribution in [0.25, 0.3) is 83.9 Å². The molecule has 1 aliphatic rings. The Labute approximate surface area is 302 Å². The molecule has 7 aromatic carbocycles. The van der Waals surface area contributed by atoms with Gasteiger partial charge >= 0.3 is 0 Å². The molecule has 9 aromatic rings. The molecule has 1 aliphatic carbocycles. The normalized spacial score (nSPS) is 13.0. The van der Waals surface area contributed by atoms with Gasteiger partial charge in [-0.3, -0.25) is 0 Å². The third-order valence-electron chi connectivity index (χ3n) is 10.6. The molecular weight excluding hydrogens is 633 g/mol. The van der Waals surface area contributed by atoms with Gasteiger partial charge in [-0.15, -0.1) is 0 Å². The van der Waals surface area contributed by atoms with Crippen molar-refractivity contribution in [2.45, 2.75) is 19.3 Å². The Balaban J connectivity index is 1.29. The maximum absolute atomic E-state index is 5.17. The molecule has 246 valence electrons. The van der Waals surface area contributed by atoms with E-state index in [1.165, 1.54) is 38.6 Å². The fourth-order valence-electron chi connectivity index (χ4n) is 8.12. The van der Waals surface area contributed by atoms with Crippen molar-refractivity contribution in [3.63, 3.8) is 0 Å². The smallest absolute Gasteiger partial charge is 0.164 e. The zero-order valence-corrected chi connectivity index (χ0v) is 29.0. The van der Waals surface area contributed by atoms with Crippen LogP contribution in [-0.4, -0.2) is 19.5 Å². The molecule has 52 heavy (non-hydrogen) atoms. The number of hydrogen-bond donors (Lipinski definition) is 0. The lowest BCUT2D eigenvalue weighted by Crippen LogP contribution is -2.14. The predicted octanol–water partition coefficient (Wildman–Crippen LogP) is 11.9. The number of hydrogen-bond acceptors (Lipinski definition) is 3. The molecule has 2 aromatic heterocycles. The van der Waals surface area contributed by atoms with Gasteiger partial charge in [-0.1, -0.05) is 147 Å². The maximum atomic E-state index is 5.17. The molecule has 0 saturated carbocycles. The van der Waals surface area contributed by atoms with Crippen molar-refractivity contribution in [1.82, 2.24) is 19.5 Å². The average Bonchev–Trinajstić information content (AvgIpc) is 3.66. The molecule has 0 atom stereocenters. The van der Waals surface area contributed by atoms with Crippen molar-refractivity contribution >= 4 is 21.8 Å². The number of rotatable bonds is 5. The highest BCUT2D eigenvalue weighted by Gasteiger charge is 2.35. The van der Waals surface area contributed by atoms with Gasteiger partial charge < -0.3 is 4.57 Å². The zero-order chi connectivity index (χ0) is 34.8. The number of para-hydroxylation sites is 2. The Hall–Kier alpha value is -6.65. The van der Waals surface area contributed by atoms with Gasteiger partial charge in [-0.05, 0) is 69.8 Å².